The highest BCUT2D eigenvalue weighted by molar-refractivity contribution is 6.31. The average Bonchev–Trinajstić information content (AvgIpc) is 2.44. The molecule has 0 spiro atoms. The number of piperazine rings is 1. The minimum Gasteiger partial charge on any atom is -0.398 e. The molecule has 122 valence electrons. The maximum absolute atomic E-state index is 12.1. The van der Waals surface area contributed by atoms with Crippen molar-refractivity contribution in [2.75, 3.05) is 25.4 Å². The number of halogens is 1. The van der Waals surface area contributed by atoms with Crippen molar-refractivity contribution in [1.82, 2.24) is 9.80 Å². The molecular weight excluding hydrogens is 298 g/mol. The molecule has 1 heterocycles. The normalized spacial score (nSPS) is 19.5. The van der Waals surface area contributed by atoms with Crippen molar-refractivity contribution >= 4 is 23.2 Å². The van der Waals surface area contributed by atoms with E-state index in [1.165, 1.54) is 5.56 Å². The van der Waals surface area contributed by atoms with Crippen LogP contribution < -0.4 is 5.73 Å². The Bertz CT molecular complexity index is 547. The summed E-state index contributed by atoms with van der Waals surface area (Å²) in [5, 5.41) is 0.683. The minimum absolute atomic E-state index is 0.254. The van der Waals surface area contributed by atoms with Gasteiger partial charge in [0.15, 0.2) is 0 Å². The molecule has 0 bridgehead atoms. The number of amides is 1. The van der Waals surface area contributed by atoms with Crippen molar-refractivity contribution in [1.29, 1.82) is 0 Å². The van der Waals surface area contributed by atoms with Crippen LogP contribution in [-0.2, 0) is 11.3 Å². The number of nitrogens with two attached hydrogens (primary N) is 1. The van der Waals surface area contributed by atoms with E-state index in [-0.39, 0.29) is 11.9 Å². The highest BCUT2D eigenvalue weighted by Crippen LogP contribution is 2.24. The molecule has 1 aromatic carbocycles. The summed E-state index contributed by atoms with van der Waals surface area (Å²) in [6.45, 7) is 9.62. The fraction of sp³-hybridized carbons (Fsp3) is 0.588. The molecule has 5 heteroatoms. The van der Waals surface area contributed by atoms with Crippen molar-refractivity contribution in [3.63, 3.8) is 0 Å². The first kappa shape index (κ1) is 17.1. The van der Waals surface area contributed by atoms with Gasteiger partial charge in [0.25, 0.3) is 0 Å². The second kappa shape index (κ2) is 7.34. The van der Waals surface area contributed by atoms with E-state index in [0.29, 0.717) is 11.4 Å². The second-order valence-electron chi connectivity index (χ2n) is 6.20. The van der Waals surface area contributed by atoms with E-state index >= 15 is 0 Å². The monoisotopic (exact) mass is 323 g/mol. The molecule has 2 rings (SSSR count). The Balaban J connectivity index is 2.01. The lowest BCUT2D eigenvalue weighted by Crippen LogP contribution is -2.53. The van der Waals surface area contributed by atoms with Crippen LogP contribution >= 0.6 is 11.6 Å². The molecule has 0 unspecified atom stereocenters. The number of rotatable bonds is 4. The number of nitrogen functional groups attached to an aromatic ring is 1. The number of carbonyl (C=O) groups is 1. The van der Waals surface area contributed by atoms with Gasteiger partial charge in [0.05, 0.1) is 0 Å². The van der Waals surface area contributed by atoms with E-state index in [4.69, 9.17) is 17.3 Å². The van der Waals surface area contributed by atoms with Crippen LogP contribution in [0.15, 0.2) is 12.1 Å². The molecule has 4 nitrogen and oxygen atoms in total. The van der Waals surface area contributed by atoms with Crippen LogP contribution in [0.25, 0.3) is 0 Å². The van der Waals surface area contributed by atoms with Gasteiger partial charge < -0.3 is 10.6 Å². The summed E-state index contributed by atoms with van der Waals surface area (Å²) in [6, 6.07) is 4.04. The number of benzene rings is 1. The number of anilines is 1. The summed E-state index contributed by atoms with van der Waals surface area (Å²) in [6.07, 6.45) is 1.56. The zero-order chi connectivity index (χ0) is 16.3. The molecule has 0 aliphatic carbocycles. The van der Waals surface area contributed by atoms with E-state index in [0.717, 1.165) is 43.9 Å². The third-order valence-corrected chi connectivity index (χ3v) is 4.63. The van der Waals surface area contributed by atoms with E-state index in [1.54, 1.807) is 6.07 Å². The van der Waals surface area contributed by atoms with Crippen molar-refractivity contribution in [2.24, 2.45) is 0 Å². The molecule has 1 aliphatic rings. The van der Waals surface area contributed by atoms with Crippen LogP contribution in [0.2, 0.25) is 5.02 Å². The molecule has 0 radical (unpaired) electrons. The van der Waals surface area contributed by atoms with Gasteiger partial charge in [-0.25, -0.2) is 0 Å². The van der Waals surface area contributed by atoms with E-state index in [2.05, 4.69) is 11.8 Å². The Hall–Kier alpha value is -1.26. The highest BCUT2D eigenvalue weighted by atomic mass is 35.5. The predicted molar refractivity (Wildman–Crippen MR) is 92.0 cm³/mol. The van der Waals surface area contributed by atoms with Gasteiger partial charge in [0.1, 0.15) is 0 Å². The van der Waals surface area contributed by atoms with Gasteiger partial charge in [-0.15, -0.1) is 0 Å². The Labute approximate surface area is 138 Å². The first-order valence-corrected chi connectivity index (χ1v) is 8.36. The van der Waals surface area contributed by atoms with Gasteiger partial charge in [0, 0.05) is 49.4 Å². The molecule has 0 saturated carbocycles. The van der Waals surface area contributed by atoms with E-state index in [1.807, 2.05) is 24.8 Å². The van der Waals surface area contributed by atoms with E-state index in [9.17, 15) is 4.79 Å². The summed E-state index contributed by atoms with van der Waals surface area (Å²) >= 11 is 6.12. The van der Waals surface area contributed by atoms with Crippen LogP contribution in [0, 0.1) is 6.92 Å². The topological polar surface area (TPSA) is 49.6 Å². The molecule has 0 aromatic heterocycles. The summed E-state index contributed by atoms with van der Waals surface area (Å²) in [5.74, 6) is 0.276. The van der Waals surface area contributed by atoms with Crippen molar-refractivity contribution in [2.45, 2.75) is 46.2 Å². The van der Waals surface area contributed by atoms with Crippen LogP contribution in [0.1, 0.15) is 37.8 Å². The lowest BCUT2D eigenvalue weighted by molar-refractivity contribution is -0.135. The first-order valence-electron chi connectivity index (χ1n) is 7.98. The molecule has 2 N–H and O–H groups in total. The Morgan fingerprint density at radius 2 is 2.14 bits per heavy atom. The molecule has 1 aliphatic heterocycles. The lowest BCUT2D eigenvalue weighted by Gasteiger charge is -2.40. The molecule has 1 fully saturated rings. The van der Waals surface area contributed by atoms with Gasteiger partial charge in [-0.2, -0.15) is 0 Å². The summed E-state index contributed by atoms with van der Waals surface area (Å²) in [7, 11) is 0. The van der Waals surface area contributed by atoms with Gasteiger partial charge >= 0.3 is 0 Å². The maximum atomic E-state index is 12.1. The van der Waals surface area contributed by atoms with Crippen LogP contribution in [0.4, 0.5) is 5.69 Å². The average molecular weight is 324 g/mol. The Kier molecular flexibility index (Phi) is 5.70. The Morgan fingerprint density at radius 1 is 1.41 bits per heavy atom. The zero-order valence-electron chi connectivity index (χ0n) is 13.7. The lowest BCUT2D eigenvalue weighted by atomic mass is 10.0. The van der Waals surface area contributed by atoms with Gasteiger partial charge in [-0.1, -0.05) is 18.5 Å². The Morgan fingerprint density at radius 3 is 2.77 bits per heavy atom. The smallest absolute Gasteiger partial charge is 0.222 e. The highest BCUT2D eigenvalue weighted by Gasteiger charge is 2.27. The van der Waals surface area contributed by atoms with Crippen LogP contribution in [0.5, 0.6) is 0 Å². The molecule has 1 amide bonds. The van der Waals surface area contributed by atoms with Crippen LogP contribution in [0.3, 0.4) is 0 Å². The quantitative estimate of drug-likeness (QED) is 0.866. The van der Waals surface area contributed by atoms with E-state index < -0.39 is 0 Å². The molecule has 1 atom stereocenters. The SMILES string of the molecule is CCCC(=O)N1CCN(Cc2cc(Cl)cc(N)c2C)C[C@@H]1C. The number of carbonyl (C=O) groups excluding carboxylic acids is 1. The summed E-state index contributed by atoms with van der Waals surface area (Å²) < 4.78 is 0. The third kappa shape index (κ3) is 3.93. The number of hydrogen-bond acceptors (Lipinski definition) is 3. The minimum atomic E-state index is 0.254. The maximum Gasteiger partial charge on any atom is 0.222 e. The third-order valence-electron chi connectivity index (χ3n) is 4.41. The van der Waals surface area contributed by atoms with Crippen molar-refractivity contribution < 1.29 is 4.79 Å². The summed E-state index contributed by atoms with van der Waals surface area (Å²) in [5.41, 5.74) is 9.01. The fourth-order valence-corrected chi connectivity index (χ4v) is 3.32. The molecular formula is C17H26ClN3O. The van der Waals surface area contributed by atoms with Crippen LogP contribution in [-0.4, -0.2) is 41.4 Å². The first-order chi connectivity index (χ1) is 10.4. The van der Waals surface area contributed by atoms with Gasteiger partial charge in [-0.3, -0.25) is 9.69 Å². The second-order valence-corrected chi connectivity index (χ2v) is 6.64. The predicted octanol–water partition coefficient (Wildman–Crippen LogP) is 3.06. The molecule has 22 heavy (non-hydrogen) atoms. The molecule has 1 aromatic rings. The standard InChI is InChI=1S/C17H26ClN3O/c1-4-5-17(22)21-7-6-20(10-12(21)2)11-14-8-15(18)9-16(19)13(14)3/h8-9,12H,4-7,10-11,19H2,1-3H3/t12-/m0/s1. The molecule has 1 saturated heterocycles. The van der Waals surface area contributed by atoms with Crippen molar-refractivity contribution in [3.8, 4) is 0 Å². The largest absolute Gasteiger partial charge is 0.398 e. The fourth-order valence-electron chi connectivity index (χ4n) is 3.07. The van der Waals surface area contributed by atoms with Gasteiger partial charge in [0.2, 0.25) is 5.91 Å². The number of hydrogen-bond donors (Lipinski definition) is 1. The summed E-state index contributed by atoms with van der Waals surface area (Å²) in [4.78, 5) is 16.5. The van der Waals surface area contributed by atoms with Crippen molar-refractivity contribution in [3.05, 3.63) is 28.3 Å². The zero-order valence-corrected chi connectivity index (χ0v) is 14.5. The van der Waals surface area contributed by atoms with Gasteiger partial charge in [-0.05, 0) is 43.5 Å². The number of nitrogens with zero attached hydrogens (tertiary/aromatic N) is 2.